The van der Waals surface area contributed by atoms with Crippen molar-refractivity contribution in [3.05, 3.63) is 35.9 Å². The number of aliphatic hydroxyl groups is 1. The summed E-state index contributed by atoms with van der Waals surface area (Å²) < 4.78 is 0. The van der Waals surface area contributed by atoms with Crippen LogP contribution in [0, 0.1) is 17.2 Å². The van der Waals surface area contributed by atoms with Crippen molar-refractivity contribution < 1.29 is 5.11 Å². The Morgan fingerprint density at radius 2 is 2.06 bits per heavy atom. The van der Waals surface area contributed by atoms with Gasteiger partial charge in [-0.05, 0) is 25.3 Å². The smallest absolute Gasteiger partial charge is 0.0870 e. The number of hydrogen-bond donors (Lipinski definition) is 1. The Morgan fingerprint density at radius 3 is 2.71 bits per heavy atom. The van der Waals surface area contributed by atoms with Gasteiger partial charge in [0.1, 0.15) is 0 Å². The zero-order valence-corrected chi connectivity index (χ0v) is 10.3. The molecule has 2 nitrogen and oxygen atoms in total. The van der Waals surface area contributed by atoms with Crippen LogP contribution in [0.4, 0.5) is 0 Å². The molecule has 0 amide bonds. The maximum atomic E-state index is 10.8. The Bertz CT molecular complexity index is 409. The summed E-state index contributed by atoms with van der Waals surface area (Å²) in [4.78, 5) is 0. The molecule has 0 heterocycles. The van der Waals surface area contributed by atoms with Crippen molar-refractivity contribution in [2.24, 2.45) is 5.92 Å². The van der Waals surface area contributed by atoms with E-state index in [1.165, 1.54) is 0 Å². The molecular formula is C15H19NO. The summed E-state index contributed by atoms with van der Waals surface area (Å²) in [5.41, 5.74) is 0.311. The van der Waals surface area contributed by atoms with E-state index in [4.69, 9.17) is 5.26 Å². The van der Waals surface area contributed by atoms with Gasteiger partial charge in [-0.15, -0.1) is 0 Å². The van der Waals surface area contributed by atoms with E-state index in [9.17, 15) is 5.11 Å². The monoisotopic (exact) mass is 229 g/mol. The van der Waals surface area contributed by atoms with Crippen LogP contribution in [0.3, 0.4) is 0 Å². The lowest BCUT2D eigenvalue weighted by molar-refractivity contribution is -0.0448. The number of hydrogen-bond acceptors (Lipinski definition) is 2. The quantitative estimate of drug-likeness (QED) is 0.846. The number of nitriles is 1. The number of rotatable bonds is 2. The maximum Gasteiger partial charge on any atom is 0.0870 e. The van der Waals surface area contributed by atoms with Crippen molar-refractivity contribution in [2.75, 3.05) is 0 Å². The Balaban J connectivity index is 2.33. The topological polar surface area (TPSA) is 44.0 Å². The van der Waals surface area contributed by atoms with Crippen LogP contribution in [-0.2, 0) is 0 Å². The fraction of sp³-hybridized carbons (Fsp3) is 0.533. The zero-order valence-electron chi connectivity index (χ0n) is 10.3. The van der Waals surface area contributed by atoms with E-state index in [1.807, 2.05) is 25.1 Å². The van der Waals surface area contributed by atoms with E-state index < -0.39 is 5.60 Å². The van der Waals surface area contributed by atoms with E-state index >= 15 is 0 Å². The fourth-order valence-electron chi connectivity index (χ4n) is 2.95. The van der Waals surface area contributed by atoms with E-state index in [2.05, 4.69) is 18.2 Å². The highest BCUT2D eigenvalue weighted by Gasteiger charge is 2.44. The van der Waals surface area contributed by atoms with E-state index in [0.29, 0.717) is 0 Å². The van der Waals surface area contributed by atoms with Crippen LogP contribution in [0.5, 0.6) is 0 Å². The van der Waals surface area contributed by atoms with Crippen LogP contribution < -0.4 is 0 Å². The molecule has 1 N–H and O–H groups in total. The standard InChI is InChI=1S/C15H19NO/c1-12(11-16)15(17)10-6-5-9-14(15)13-7-3-2-4-8-13/h2-4,7-8,12,14,17H,5-6,9-10H2,1H3. The van der Waals surface area contributed by atoms with E-state index in [0.717, 1.165) is 31.2 Å². The van der Waals surface area contributed by atoms with Gasteiger partial charge in [0.2, 0.25) is 0 Å². The summed E-state index contributed by atoms with van der Waals surface area (Å²) in [5.74, 6) is -0.208. The van der Waals surface area contributed by atoms with Crippen molar-refractivity contribution >= 4 is 0 Å². The SMILES string of the molecule is CC(C#N)C1(O)CCCCC1c1ccccc1. The second-order valence-corrected chi connectivity index (χ2v) is 5.05. The van der Waals surface area contributed by atoms with Gasteiger partial charge in [0.15, 0.2) is 0 Å². The Morgan fingerprint density at radius 1 is 1.35 bits per heavy atom. The molecule has 1 aromatic rings. The first-order valence-electron chi connectivity index (χ1n) is 6.35. The molecular weight excluding hydrogens is 210 g/mol. The minimum atomic E-state index is -0.853. The second kappa shape index (κ2) is 4.89. The molecule has 0 saturated heterocycles. The van der Waals surface area contributed by atoms with Crippen LogP contribution >= 0.6 is 0 Å². The normalized spacial score (nSPS) is 30.5. The predicted octanol–water partition coefficient (Wildman–Crippen LogP) is 3.23. The summed E-state index contributed by atoms with van der Waals surface area (Å²) in [6.07, 6.45) is 3.87. The molecule has 1 fully saturated rings. The molecule has 0 aliphatic heterocycles. The molecule has 0 spiro atoms. The van der Waals surface area contributed by atoms with Gasteiger partial charge in [-0.25, -0.2) is 0 Å². The highest BCUT2D eigenvalue weighted by atomic mass is 16.3. The van der Waals surface area contributed by atoms with Gasteiger partial charge in [-0.3, -0.25) is 0 Å². The maximum absolute atomic E-state index is 10.8. The largest absolute Gasteiger partial charge is 0.388 e. The van der Waals surface area contributed by atoms with Crippen molar-refractivity contribution in [3.63, 3.8) is 0 Å². The Hall–Kier alpha value is -1.33. The molecule has 90 valence electrons. The van der Waals surface area contributed by atoms with Crippen LogP contribution in [0.1, 0.15) is 44.1 Å². The summed E-state index contributed by atoms with van der Waals surface area (Å²) >= 11 is 0. The minimum absolute atomic E-state index is 0.104. The first-order chi connectivity index (χ1) is 8.18. The fourth-order valence-corrected chi connectivity index (χ4v) is 2.95. The first-order valence-corrected chi connectivity index (χ1v) is 6.35. The molecule has 1 saturated carbocycles. The molecule has 0 bridgehead atoms. The summed E-state index contributed by atoms with van der Waals surface area (Å²) in [6, 6.07) is 12.3. The van der Waals surface area contributed by atoms with Crippen LogP contribution in [0.2, 0.25) is 0 Å². The number of nitrogens with zero attached hydrogens (tertiary/aromatic N) is 1. The van der Waals surface area contributed by atoms with Gasteiger partial charge >= 0.3 is 0 Å². The van der Waals surface area contributed by atoms with Crippen LogP contribution in [0.25, 0.3) is 0 Å². The average molecular weight is 229 g/mol. The molecule has 0 aromatic heterocycles. The average Bonchev–Trinajstić information content (AvgIpc) is 2.39. The second-order valence-electron chi connectivity index (χ2n) is 5.05. The van der Waals surface area contributed by atoms with Gasteiger partial charge in [-0.2, -0.15) is 5.26 Å². The molecule has 2 rings (SSSR count). The van der Waals surface area contributed by atoms with Gasteiger partial charge in [0, 0.05) is 5.92 Å². The lowest BCUT2D eigenvalue weighted by atomic mass is 9.67. The van der Waals surface area contributed by atoms with Gasteiger partial charge < -0.3 is 5.11 Å². The third-order valence-corrected chi connectivity index (χ3v) is 4.07. The molecule has 1 aromatic carbocycles. The summed E-state index contributed by atoms with van der Waals surface area (Å²) in [5, 5.41) is 19.9. The molecule has 1 aliphatic carbocycles. The third kappa shape index (κ3) is 2.21. The molecule has 3 atom stereocenters. The highest BCUT2D eigenvalue weighted by Crippen LogP contribution is 2.44. The lowest BCUT2D eigenvalue weighted by Crippen LogP contribution is -2.44. The van der Waals surface area contributed by atoms with E-state index in [-0.39, 0.29) is 11.8 Å². The van der Waals surface area contributed by atoms with E-state index in [1.54, 1.807) is 0 Å². The van der Waals surface area contributed by atoms with Gasteiger partial charge in [0.25, 0.3) is 0 Å². The summed E-state index contributed by atoms with van der Waals surface area (Å²) in [7, 11) is 0. The Kier molecular flexibility index (Phi) is 3.49. The number of benzene rings is 1. The van der Waals surface area contributed by atoms with Crippen molar-refractivity contribution in [1.82, 2.24) is 0 Å². The van der Waals surface area contributed by atoms with Crippen LogP contribution in [-0.4, -0.2) is 10.7 Å². The molecule has 0 radical (unpaired) electrons. The van der Waals surface area contributed by atoms with Gasteiger partial charge in [0.05, 0.1) is 17.6 Å². The van der Waals surface area contributed by atoms with Crippen LogP contribution in [0.15, 0.2) is 30.3 Å². The van der Waals surface area contributed by atoms with Crippen molar-refractivity contribution in [1.29, 1.82) is 5.26 Å². The zero-order chi connectivity index (χ0) is 12.3. The summed E-state index contributed by atoms with van der Waals surface area (Å²) in [6.45, 7) is 1.83. The third-order valence-electron chi connectivity index (χ3n) is 4.07. The Labute approximate surface area is 103 Å². The van der Waals surface area contributed by atoms with Crippen molar-refractivity contribution in [3.8, 4) is 6.07 Å². The predicted molar refractivity (Wildman–Crippen MR) is 67.4 cm³/mol. The highest BCUT2D eigenvalue weighted by molar-refractivity contribution is 5.25. The minimum Gasteiger partial charge on any atom is -0.388 e. The molecule has 2 heteroatoms. The molecule has 3 unspecified atom stereocenters. The molecule has 17 heavy (non-hydrogen) atoms. The lowest BCUT2D eigenvalue weighted by Gasteiger charge is -2.42. The first kappa shape index (κ1) is 12.1. The van der Waals surface area contributed by atoms with Gasteiger partial charge in [-0.1, -0.05) is 43.2 Å². The molecule has 1 aliphatic rings. The van der Waals surface area contributed by atoms with Crippen molar-refractivity contribution in [2.45, 2.75) is 44.1 Å².